The van der Waals surface area contributed by atoms with E-state index < -0.39 is 6.45 Å². The Hall–Kier alpha value is -0.610. The van der Waals surface area contributed by atoms with Crippen LogP contribution in [-0.4, -0.2) is 12.7 Å². The fourth-order valence-electron chi connectivity index (χ4n) is 0.850. The van der Waals surface area contributed by atoms with Crippen LogP contribution in [0, 0.1) is 0 Å². The van der Waals surface area contributed by atoms with E-state index in [2.05, 4.69) is 4.74 Å². The molecule has 0 spiro atoms. The van der Waals surface area contributed by atoms with Gasteiger partial charge in [-0.2, -0.15) is 0 Å². The average Bonchev–Trinajstić information content (AvgIpc) is 2.17. The molecule has 0 aliphatic heterocycles. The highest BCUT2D eigenvalue weighted by Crippen LogP contribution is 2.28. The van der Waals surface area contributed by atoms with Crippen molar-refractivity contribution in [1.29, 1.82) is 0 Å². The van der Waals surface area contributed by atoms with Crippen LogP contribution in [-0.2, 0) is 16.1 Å². The molecule has 70 valence electrons. The minimum atomic E-state index is -0.993. The lowest BCUT2D eigenvalue weighted by atomic mass is 10.2. The van der Waals surface area contributed by atoms with Gasteiger partial charge in [-0.15, -0.1) is 0 Å². The first-order chi connectivity index (χ1) is 6.72. The molecule has 0 aliphatic carbocycles. The second kappa shape index (κ2) is 5.94. The van der Waals surface area contributed by atoms with Gasteiger partial charge >= 0.3 is 0 Å². The van der Waals surface area contributed by atoms with Crippen LogP contribution in [0.3, 0.4) is 0 Å². The molecule has 1 aromatic carbocycles. The molecule has 0 amide bonds. The van der Waals surface area contributed by atoms with Gasteiger partial charge in [0.15, 0.2) is 1.37 Å². The van der Waals surface area contributed by atoms with Crippen molar-refractivity contribution >= 4 is 28.0 Å². The van der Waals surface area contributed by atoms with E-state index in [-0.39, 0.29) is 6.61 Å². The normalized spacial score (nSPS) is 10.7. The number of rotatable bonds is 4. The van der Waals surface area contributed by atoms with Crippen molar-refractivity contribution in [1.82, 2.24) is 0 Å². The summed E-state index contributed by atoms with van der Waals surface area (Å²) in [6.45, 7) is 0.173. The van der Waals surface area contributed by atoms with E-state index in [0.29, 0.717) is 0 Å². The van der Waals surface area contributed by atoms with E-state index in [1.54, 1.807) is 21.6 Å². The molecule has 0 radical (unpaired) electrons. The molecule has 0 fully saturated rings. The van der Waals surface area contributed by atoms with Gasteiger partial charge in [-0.1, -0.05) is 33.7 Å². The summed E-state index contributed by atoms with van der Waals surface area (Å²) in [5.74, 6) is 0. The monoisotopic (exact) mass is 215 g/mol. The van der Waals surface area contributed by atoms with Gasteiger partial charge in [0.2, 0.25) is 0 Å². The largest absolute Gasteiger partial charge is 0.463 e. The summed E-state index contributed by atoms with van der Waals surface area (Å²) in [6, 6.07) is 7.71. The van der Waals surface area contributed by atoms with Crippen molar-refractivity contribution in [3.8, 4) is 0 Å². The molecule has 13 heavy (non-hydrogen) atoms. The molecule has 0 bridgehead atoms. The van der Waals surface area contributed by atoms with E-state index in [4.69, 9.17) is 1.37 Å². The maximum atomic E-state index is 10.2. The van der Waals surface area contributed by atoms with Crippen LogP contribution >= 0.6 is 21.6 Å². The zero-order chi connectivity index (χ0) is 10.4. The van der Waals surface area contributed by atoms with E-state index in [1.165, 1.54) is 4.90 Å². The second-order valence-electron chi connectivity index (χ2n) is 2.27. The van der Waals surface area contributed by atoms with Crippen molar-refractivity contribution in [3.63, 3.8) is 0 Å². The zero-order valence-corrected chi connectivity index (χ0v) is 8.78. The highest BCUT2D eigenvalue weighted by Gasteiger charge is 1.94. The maximum Gasteiger partial charge on any atom is 0.293 e. The van der Waals surface area contributed by atoms with Crippen LogP contribution in [0.5, 0.6) is 0 Å². The van der Waals surface area contributed by atoms with E-state index >= 15 is 0 Å². The molecule has 2 nitrogen and oxygen atoms in total. The summed E-state index contributed by atoms with van der Waals surface area (Å²) in [6.07, 6.45) is 1.02. The summed E-state index contributed by atoms with van der Waals surface area (Å²) in [5.41, 5.74) is 0.899. The zero-order valence-electron chi connectivity index (χ0n) is 8.15. The first-order valence-corrected chi connectivity index (χ1v) is 6.21. The Bertz CT molecular complexity index is 300. The predicted octanol–water partition coefficient (Wildman–Crippen LogP) is 2.73. The molecular formula is C9H10O2S2. The molecular weight excluding hydrogens is 204 g/mol. The highest BCUT2D eigenvalue weighted by molar-refractivity contribution is 8.76. The van der Waals surface area contributed by atoms with Gasteiger partial charge in [-0.25, -0.2) is 0 Å². The maximum absolute atomic E-state index is 10.2. The van der Waals surface area contributed by atoms with Crippen molar-refractivity contribution < 1.29 is 10.9 Å². The van der Waals surface area contributed by atoms with Gasteiger partial charge in [0, 0.05) is 4.90 Å². The Morgan fingerprint density at radius 3 is 2.77 bits per heavy atom. The number of ether oxygens (including phenoxy) is 1. The Kier molecular flexibility index (Phi) is 4.09. The minimum Gasteiger partial charge on any atom is -0.463 e. The smallest absolute Gasteiger partial charge is 0.293 e. The van der Waals surface area contributed by atoms with Crippen LogP contribution < -0.4 is 0 Å². The van der Waals surface area contributed by atoms with Crippen LogP contribution in [0.1, 0.15) is 6.93 Å². The van der Waals surface area contributed by atoms with Crippen LogP contribution in [0.15, 0.2) is 29.2 Å². The molecule has 1 aromatic rings. The number of hydrogen-bond donors (Lipinski definition) is 0. The van der Waals surface area contributed by atoms with Crippen molar-refractivity contribution in [3.05, 3.63) is 29.8 Å². The standard InChI is InChI=1S/C9H10O2S2/c1-12-13-9-4-2-8(3-5-9)6-11-7-10/h2-5,7H,6H2,1H3/i7D. The summed E-state index contributed by atoms with van der Waals surface area (Å²) in [5, 5.41) is 0. The molecule has 0 N–H and O–H groups in total. The summed E-state index contributed by atoms with van der Waals surface area (Å²) < 4.78 is 11.1. The molecule has 0 atom stereocenters. The minimum absolute atomic E-state index is 0.173. The Morgan fingerprint density at radius 1 is 1.54 bits per heavy atom. The second-order valence-corrected chi connectivity index (χ2v) is 4.74. The van der Waals surface area contributed by atoms with Gasteiger partial charge in [-0.3, -0.25) is 4.79 Å². The third-order valence-corrected chi connectivity index (χ3v) is 3.11. The van der Waals surface area contributed by atoms with Gasteiger partial charge in [0.25, 0.3) is 6.45 Å². The average molecular weight is 215 g/mol. The Morgan fingerprint density at radius 2 is 2.23 bits per heavy atom. The molecule has 0 saturated carbocycles. The van der Waals surface area contributed by atoms with Gasteiger partial charge in [0.1, 0.15) is 6.61 Å². The fourth-order valence-corrected chi connectivity index (χ4v) is 2.20. The van der Waals surface area contributed by atoms with E-state index in [0.717, 1.165) is 5.56 Å². The van der Waals surface area contributed by atoms with Crippen molar-refractivity contribution in [2.45, 2.75) is 11.5 Å². The summed E-state index contributed by atoms with van der Waals surface area (Å²) >= 11 is 0. The van der Waals surface area contributed by atoms with Crippen molar-refractivity contribution in [2.24, 2.45) is 0 Å². The highest BCUT2D eigenvalue weighted by atomic mass is 33.1. The van der Waals surface area contributed by atoms with Crippen LogP contribution in [0.25, 0.3) is 0 Å². The number of carbonyl (C=O) groups excluding carboxylic acids is 1. The lowest BCUT2D eigenvalue weighted by Crippen LogP contribution is -1.88. The van der Waals surface area contributed by atoms with Crippen molar-refractivity contribution in [2.75, 3.05) is 6.26 Å². The van der Waals surface area contributed by atoms with E-state index in [1.807, 2.05) is 30.5 Å². The first kappa shape index (κ1) is 8.97. The molecule has 0 heterocycles. The summed E-state index contributed by atoms with van der Waals surface area (Å²) in [4.78, 5) is 11.4. The number of carbonyl (C=O) groups is 1. The first-order valence-electron chi connectivity index (χ1n) is 4.15. The predicted molar refractivity (Wildman–Crippen MR) is 56.7 cm³/mol. The fraction of sp³-hybridized carbons (Fsp3) is 0.222. The van der Waals surface area contributed by atoms with Gasteiger partial charge in [-0.05, 0) is 24.0 Å². The Balaban J connectivity index is 2.50. The third-order valence-electron chi connectivity index (χ3n) is 1.40. The molecule has 0 aliphatic rings. The van der Waals surface area contributed by atoms with Crippen LogP contribution in [0.2, 0.25) is 0 Å². The summed E-state index contributed by atoms with van der Waals surface area (Å²) in [7, 11) is 3.36. The topological polar surface area (TPSA) is 26.3 Å². The SMILES string of the molecule is [2H]C(=O)OCc1ccc(SSC)cc1. The van der Waals surface area contributed by atoms with E-state index in [9.17, 15) is 4.79 Å². The van der Waals surface area contributed by atoms with Gasteiger partial charge < -0.3 is 4.74 Å². The molecule has 4 heteroatoms. The number of benzene rings is 1. The molecule has 0 unspecified atom stereocenters. The lowest BCUT2D eigenvalue weighted by molar-refractivity contribution is -0.129. The third kappa shape index (κ3) is 3.74. The molecule has 0 saturated heterocycles. The van der Waals surface area contributed by atoms with Gasteiger partial charge in [0.05, 0.1) is 0 Å². The Labute approximate surface area is 86.9 Å². The molecule has 1 rings (SSSR count). The lowest BCUT2D eigenvalue weighted by Gasteiger charge is -2.00. The van der Waals surface area contributed by atoms with Crippen LogP contribution in [0.4, 0.5) is 0 Å². The number of hydrogen-bond acceptors (Lipinski definition) is 4. The quantitative estimate of drug-likeness (QED) is 0.570. The molecule has 0 aromatic heterocycles.